The number of hydrogen-bond acceptors (Lipinski definition) is 1. The van der Waals surface area contributed by atoms with Crippen molar-refractivity contribution in [2.24, 2.45) is 56.7 Å². The molecule has 5 saturated carbocycles. The summed E-state index contributed by atoms with van der Waals surface area (Å²) < 4.78 is 0. The molecule has 0 unspecified atom stereocenters. The smallest absolute Gasteiger partial charge is 0.139 e. The Hall–Kier alpha value is -0.330. The Morgan fingerprint density at radius 1 is 0.871 bits per heavy atom. The minimum atomic E-state index is -0.0573. The molecule has 8 atom stereocenters. The Labute approximate surface area is 192 Å². The molecule has 5 rings (SSSR count). The molecule has 0 bridgehead atoms. The summed E-state index contributed by atoms with van der Waals surface area (Å²) in [5.41, 5.74) is 1.81. The average Bonchev–Trinajstić information content (AvgIpc) is 3.29. The molecule has 31 heavy (non-hydrogen) atoms. The minimum absolute atomic E-state index is 0.0573. The zero-order valence-corrected chi connectivity index (χ0v) is 21.8. The van der Waals surface area contributed by atoms with E-state index < -0.39 is 0 Å². The maximum absolute atomic E-state index is 13.9. The molecule has 0 saturated heterocycles. The molecule has 0 aliphatic heterocycles. The topological polar surface area (TPSA) is 17.1 Å². The van der Waals surface area contributed by atoms with Crippen molar-refractivity contribution in [1.29, 1.82) is 0 Å². The van der Waals surface area contributed by atoms with Gasteiger partial charge in [-0.05, 0) is 96.2 Å². The van der Waals surface area contributed by atoms with E-state index in [0.717, 1.165) is 18.3 Å². The number of hydrogen-bond donors (Lipinski definition) is 0. The van der Waals surface area contributed by atoms with Crippen LogP contribution in [0.25, 0.3) is 0 Å². The van der Waals surface area contributed by atoms with E-state index in [0.29, 0.717) is 39.8 Å². The zero-order chi connectivity index (χ0) is 22.4. The van der Waals surface area contributed by atoms with Gasteiger partial charge in [-0.15, -0.1) is 0 Å². The van der Waals surface area contributed by atoms with Crippen LogP contribution in [0.5, 0.6) is 0 Å². The highest BCUT2D eigenvalue weighted by molar-refractivity contribution is 5.89. The van der Waals surface area contributed by atoms with E-state index in [1.165, 1.54) is 70.6 Å². The highest BCUT2D eigenvalue weighted by Gasteiger charge is 2.82. The molecule has 1 heteroatoms. The van der Waals surface area contributed by atoms with Gasteiger partial charge in [-0.25, -0.2) is 0 Å². The van der Waals surface area contributed by atoms with Gasteiger partial charge in [-0.2, -0.15) is 0 Å². The summed E-state index contributed by atoms with van der Waals surface area (Å²) in [6.45, 7) is 17.3. The Balaban J connectivity index is 1.43. The van der Waals surface area contributed by atoms with Gasteiger partial charge in [-0.3, -0.25) is 4.79 Å². The fraction of sp³-hybridized carbons (Fsp3) is 0.967. The average molecular weight is 427 g/mol. The normalized spacial score (nSPS) is 51.0. The lowest BCUT2D eigenvalue weighted by molar-refractivity contribution is -0.160. The fourth-order valence-corrected chi connectivity index (χ4v) is 11.1. The fourth-order valence-electron chi connectivity index (χ4n) is 11.1. The Kier molecular flexibility index (Phi) is 4.96. The van der Waals surface area contributed by atoms with Crippen molar-refractivity contribution in [2.45, 2.75) is 126 Å². The molecule has 2 spiro atoms. The summed E-state index contributed by atoms with van der Waals surface area (Å²) >= 11 is 0. The van der Waals surface area contributed by atoms with Gasteiger partial charge < -0.3 is 0 Å². The number of fused-ring (bicyclic) bond motifs is 2. The molecule has 5 aliphatic rings. The lowest BCUT2D eigenvalue weighted by atomic mass is 9.42. The second-order valence-corrected chi connectivity index (χ2v) is 14.7. The number of ketones is 1. The molecule has 0 aromatic rings. The summed E-state index contributed by atoms with van der Waals surface area (Å²) in [6, 6.07) is 0. The summed E-state index contributed by atoms with van der Waals surface area (Å²) in [7, 11) is 0. The molecule has 0 heterocycles. The third kappa shape index (κ3) is 2.70. The molecule has 1 nitrogen and oxygen atoms in total. The first-order chi connectivity index (χ1) is 14.4. The standard InChI is InChI=1S/C30H50O/c1-20(2)10-8-11-21(3)22-18-25(31)28(7)24-13-12-23-26(4,5)14-9-15-29(23)19-30(24,29)17-16-27(22,28)6/h20-24H,8-19H2,1-7H3/t21-,22-,23+,24+,27-,28-,29-,30-/m1/s1. The van der Waals surface area contributed by atoms with Crippen LogP contribution in [0.15, 0.2) is 0 Å². The largest absolute Gasteiger partial charge is 0.299 e. The summed E-state index contributed by atoms with van der Waals surface area (Å²) in [5.74, 6) is 4.36. The van der Waals surface area contributed by atoms with Gasteiger partial charge in [0.1, 0.15) is 5.78 Å². The summed E-state index contributed by atoms with van der Waals surface area (Å²) in [5, 5.41) is 0. The second-order valence-electron chi connectivity index (χ2n) is 14.7. The van der Waals surface area contributed by atoms with Gasteiger partial charge in [0.05, 0.1) is 0 Å². The first-order valence-corrected chi connectivity index (χ1v) is 14.0. The first kappa shape index (κ1) is 22.5. The van der Waals surface area contributed by atoms with E-state index in [4.69, 9.17) is 0 Å². The van der Waals surface area contributed by atoms with Crippen molar-refractivity contribution in [1.82, 2.24) is 0 Å². The van der Waals surface area contributed by atoms with Crippen LogP contribution in [-0.2, 0) is 4.79 Å². The van der Waals surface area contributed by atoms with Gasteiger partial charge in [0, 0.05) is 11.8 Å². The molecule has 0 N–H and O–H groups in total. The van der Waals surface area contributed by atoms with Gasteiger partial charge in [0.15, 0.2) is 0 Å². The van der Waals surface area contributed by atoms with Crippen LogP contribution < -0.4 is 0 Å². The van der Waals surface area contributed by atoms with Crippen LogP contribution in [0, 0.1) is 56.7 Å². The van der Waals surface area contributed by atoms with Crippen molar-refractivity contribution < 1.29 is 4.79 Å². The SMILES string of the molecule is CC(C)CCC[C@@H](C)[C@H]1CC(=O)[C@@]2(C)[C@@H]3CC[C@H]4C(C)(C)CCC[C@@]45C[C@]35CC[C@]12C. The number of Topliss-reactive ketones (excluding diaryl/α,β-unsaturated/α-hetero) is 1. The molecule has 0 radical (unpaired) electrons. The van der Waals surface area contributed by atoms with Crippen molar-refractivity contribution in [2.75, 3.05) is 0 Å². The third-order valence-corrected chi connectivity index (χ3v) is 12.9. The quantitative estimate of drug-likeness (QED) is 0.431. The minimum Gasteiger partial charge on any atom is -0.299 e. The molecule has 5 aliphatic carbocycles. The van der Waals surface area contributed by atoms with Crippen molar-refractivity contribution >= 4 is 5.78 Å². The Bertz CT molecular complexity index is 750. The summed E-state index contributed by atoms with van der Waals surface area (Å²) in [6.07, 6.45) is 16.1. The Morgan fingerprint density at radius 2 is 1.55 bits per heavy atom. The lowest BCUT2D eigenvalue weighted by Gasteiger charge is -2.62. The first-order valence-electron chi connectivity index (χ1n) is 14.0. The predicted molar refractivity (Wildman–Crippen MR) is 130 cm³/mol. The molecule has 176 valence electrons. The number of rotatable bonds is 5. The van der Waals surface area contributed by atoms with Crippen molar-refractivity contribution in [3.63, 3.8) is 0 Å². The van der Waals surface area contributed by atoms with E-state index in [2.05, 4.69) is 48.5 Å². The van der Waals surface area contributed by atoms with E-state index in [1.807, 2.05) is 0 Å². The highest BCUT2D eigenvalue weighted by Crippen LogP contribution is 2.88. The number of carbonyl (C=O) groups is 1. The van der Waals surface area contributed by atoms with Crippen LogP contribution in [0.2, 0.25) is 0 Å². The molecular formula is C30H50O. The Morgan fingerprint density at radius 3 is 2.26 bits per heavy atom. The van der Waals surface area contributed by atoms with Gasteiger partial charge >= 0.3 is 0 Å². The van der Waals surface area contributed by atoms with Crippen LogP contribution >= 0.6 is 0 Å². The van der Waals surface area contributed by atoms with E-state index in [1.54, 1.807) is 0 Å². The van der Waals surface area contributed by atoms with Crippen molar-refractivity contribution in [3.05, 3.63) is 0 Å². The molecule has 0 amide bonds. The predicted octanol–water partition coefficient (Wildman–Crippen LogP) is 8.46. The van der Waals surface area contributed by atoms with Crippen LogP contribution in [0.3, 0.4) is 0 Å². The second kappa shape index (κ2) is 6.85. The van der Waals surface area contributed by atoms with E-state index >= 15 is 0 Å². The zero-order valence-electron chi connectivity index (χ0n) is 21.8. The van der Waals surface area contributed by atoms with Gasteiger partial charge in [-0.1, -0.05) is 74.1 Å². The summed E-state index contributed by atoms with van der Waals surface area (Å²) in [4.78, 5) is 13.9. The molecule has 5 fully saturated rings. The van der Waals surface area contributed by atoms with Crippen LogP contribution in [-0.4, -0.2) is 5.78 Å². The third-order valence-electron chi connectivity index (χ3n) is 12.9. The molecule has 0 aromatic carbocycles. The van der Waals surface area contributed by atoms with Crippen molar-refractivity contribution in [3.8, 4) is 0 Å². The maximum atomic E-state index is 13.9. The van der Waals surface area contributed by atoms with E-state index in [-0.39, 0.29) is 10.8 Å². The monoisotopic (exact) mass is 426 g/mol. The van der Waals surface area contributed by atoms with Crippen LogP contribution in [0.4, 0.5) is 0 Å². The van der Waals surface area contributed by atoms with Gasteiger partial charge in [0.25, 0.3) is 0 Å². The van der Waals surface area contributed by atoms with Gasteiger partial charge in [0.2, 0.25) is 0 Å². The van der Waals surface area contributed by atoms with Crippen LogP contribution in [0.1, 0.15) is 126 Å². The molecule has 0 aromatic heterocycles. The maximum Gasteiger partial charge on any atom is 0.139 e. The lowest BCUT2D eigenvalue weighted by Crippen LogP contribution is -2.57. The molecular weight excluding hydrogens is 376 g/mol. The number of carbonyl (C=O) groups excluding carboxylic acids is 1. The van der Waals surface area contributed by atoms with E-state index in [9.17, 15) is 4.79 Å². The highest BCUT2D eigenvalue weighted by atomic mass is 16.1.